The van der Waals surface area contributed by atoms with E-state index in [1.54, 1.807) is 6.39 Å². The van der Waals surface area contributed by atoms with Gasteiger partial charge in [0.2, 0.25) is 0 Å². The SMILES string of the molecule is CC1(C)c2ccccc2-c2ccc(-c3ccc(-c4nc(-c5ccccc5)nc(C56CC7CC(CC(C7)C5)C6)n4)c4ocnc34)cc21. The molecular formula is C41H36N4O. The fraction of sp³-hybridized carbons (Fsp3) is 0.317. The van der Waals surface area contributed by atoms with Gasteiger partial charge in [-0.1, -0.05) is 86.6 Å². The first kappa shape index (κ1) is 26.6. The number of nitrogens with zero attached hydrogens (tertiary/aromatic N) is 4. The van der Waals surface area contributed by atoms with E-state index in [1.807, 2.05) is 6.07 Å². The second-order valence-corrected chi connectivity index (χ2v) is 15.0. The monoisotopic (exact) mass is 600 g/mol. The first-order chi connectivity index (χ1) is 22.4. The van der Waals surface area contributed by atoms with Crippen LogP contribution < -0.4 is 0 Å². The van der Waals surface area contributed by atoms with E-state index in [1.165, 1.54) is 60.8 Å². The maximum Gasteiger partial charge on any atom is 0.182 e. The van der Waals surface area contributed by atoms with Crippen LogP contribution >= 0.6 is 0 Å². The van der Waals surface area contributed by atoms with Crippen LogP contribution in [0.4, 0.5) is 0 Å². The van der Waals surface area contributed by atoms with E-state index in [4.69, 9.17) is 24.4 Å². The number of oxazole rings is 1. The Balaban J connectivity index is 1.12. The highest BCUT2D eigenvalue weighted by Gasteiger charge is 2.53. The Morgan fingerprint density at radius 3 is 2.04 bits per heavy atom. The summed E-state index contributed by atoms with van der Waals surface area (Å²) in [4.78, 5) is 20.5. The molecule has 6 aromatic rings. The predicted molar refractivity (Wildman–Crippen MR) is 181 cm³/mol. The molecule has 0 radical (unpaired) electrons. The van der Waals surface area contributed by atoms with Crippen molar-refractivity contribution in [3.05, 3.63) is 108 Å². The Bertz CT molecular complexity index is 2140. The maximum atomic E-state index is 6.17. The number of aromatic nitrogens is 4. The Hall–Kier alpha value is -4.64. The van der Waals surface area contributed by atoms with Gasteiger partial charge in [-0.3, -0.25) is 0 Å². The summed E-state index contributed by atoms with van der Waals surface area (Å²) in [6.07, 6.45) is 9.31. The highest BCUT2D eigenvalue weighted by molar-refractivity contribution is 5.99. The number of hydrogen-bond acceptors (Lipinski definition) is 5. The maximum absolute atomic E-state index is 6.17. The molecule has 226 valence electrons. The summed E-state index contributed by atoms with van der Waals surface area (Å²) in [5.41, 5.74) is 11.0. The summed E-state index contributed by atoms with van der Waals surface area (Å²) in [5, 5.41) is 0. The Kier molecular flexibility index (Phi) is 5.45. The standard InChI is InChI=1S/C41H36N4O/c1-40(2)33-11-7-6-10-30(33)31-13-12-28(19-34(31)40)29-14-15-32(36-35(29)42-23-46-36)38-43-37(27-8-4-3-5-9-27)44-39(45-38)41-20-24-16-25(21-41)18-26(17-24)22-41/h3-15,19,23-26H,16-18,20-22H2,1-2H3. The molecular weight excluding hydrogens is 564 g/mol. The molecule has 5 aliphatic rings. The van der Waals surface area contributed by atoms with Crippen molar-refractivity contribution in [1.82, 2.24) is 19.9 Å². The van der Waals surface area contributed by atoms with Gasteiger partial charge in [-0.15, -0.1) is 0 Å². The van der Waals surface area contributed by atoms with E-state index in [2.05, 4.69) is 92.7 Å². The summed E-state index contributed by atoms with van der Waals surface area (Å²) in [5.74, 6) is 4.81. The van der Waals surface area contributed by atoms with Crippen molar-refractivity contribution in [1.29, 1.82) is 0 Å². The fourth-order valence-corrected chi connectivity index (χ4v) is 10.1. The van der Waals surface area contributed by atoms with Crippen LogP contribution in [-0.2, 0) is 10.8 Å². The molecule has 5 aliphatic carbocycles. The molecule has 0 spiro atoms. The van der Waals surface area contributed by atoms with E-state index < -0.39 is 0 Å². The smallest absolute Gasteiger partial charge is 0.182 e. The predicted octanol–water partition coefficient (Wildman–Crippen LogP) is 9.79. The van der Waals surface area contributed by atoms with Gasteiger partial charge in [0.1, 0.15) is 11.3 Å². The lowest BCUT2D eigenvalue weighted by atomic mass is 9.49. The average Bonchev–Trinajstić information content (AvgIpc) is 3.65. The lowest BCUT2D eigenvalue weighted by Gasteiger charge is -2.56. The summed E-state index contributed by atoms with van der Waals surface area (Å²) in [6.45, 7) is 4.64. The molecule has 0 amide bonds. The minimum atomic E-state index is -0.0722. The zero-order valence-electron chi connectivity index (χ0n) is 26.3. The van der Waals surface area contributed by atoms with E-state index >= 15 is 0 Å². The molecule has 2 aromatic heterocycles. The Labute approximate surface area is 269 Å². The van der Waals surface area contributed by atoms with Crippen LogP contribution in [0.15, 0.2) is 95.7 Å². The highest BCUT2D eigenvalue weighted by atomic mass is 16.3. The second kappa shape index (κ2) is 9.45. The van der Waals surface area contributed by atoms with E-state index in [9.17, 15) is 0 Å². The molecule has 0 N–H and O–H groups in total. The van der Waals surface area contributed by atoms with Gasteiger partial charge in [-0.25, -0.2) is 19.9 Å². The third-order valence-corrected chi connectivity index (χ3v) is 11.8. The topological polar surface area (TPSA) is 64.7 Å². The molecule has 11 rings (SSSR count). The highest BCUT2D eigenvalue weighted by Crippen LogP contribution is 2.60. The molecule has 5 nitrogen and oxygen atoms in total. The second-order valence-electron chi connectivity index (χ2n) is 15.0. The van der Waals surface area contributed by atoms with E-state index in [0.717, 1.165) is 62.8 Å². The van der Waals surface area contributed by atoms with Gasteiger partial charge in [0.25, 0.3) is 0 Å². The third kappa shape index (κ3) is 3.81. The summed E-state index contributed by atoms with van der Waals surface area (Å²) >= 11 is 0. The van der Waals surface area contributed by atoms with Crippen molar-refractivity contribution in [3.8, 4) is 45.0 Å². The van der Waals surface area contributed by atoms with Crippen LogP contribution in [0.5, 0.6) is 0 Å². The van der Waals surface area contributed by atoms with Crippen LogP contribution in [0.1, 0.15) is 69.3 Å². The van der Waals surface area contributed by atoms with E-state index in [0.29, 0.717) is 5.82 Å². The first-order valence-corrected chi connectivity index (χ1v) is 16.9. The van der Waals surface area contributed by atoms with Gasteiger partial charge in [-0.2, -0.15) is 0 Å². The number of rotatable bonds is 4. The average molecular weight is 601 g/mol. The molecule has 0 saturated heterocycles. The van der Waals surface area contributed by atoms with Crippen molar-refractivity contribution in [2.24, 2.45) is 17.8 Å². The summed E-state index contributed by atoms with van der Waals surface area (Å²) in [6, 6.07) is 30.3. The normalized spacial score (nSPS) is 25.1. The molecule has 4 saturated carbocycles. The molecule has 46 heavy (non-hydrogen) atoms. The molecule has 5 heteroatoms. The van der Waals surface area contributed by atoms with Gasteiger partial charge in [0, 0.05) is 22.0 Å². The van der Waals surface area contributed by atoms with Gasteiger partial charge < -0.3 is 4.42 Å². The van der Waals surface area contributed by atoms with Crippen molar-refractivity contribution >= 4 is 11.1 Å². The van der Waals surface area contributed by atoms with Crippen molar-refractivity contribution in [2.45, 2.75) is 63.2 Å². The molecule has 4 bridgehead atoms. The zero-order valence-corrected chi connectivity index (χ0v) is 26.3. The third-order valence-electron chi connectivity index (χ3n) is 11.8. The van der Waals surface area contributed by atoms with Gasteiger partial charge in [0.15, 0.2) is 23.6 Å². The van der Waals surface area contributed by atoms with Crippen molar-refractivity contribution < 1.29 is 4.42 Å². The number of fused-ring (bicyclic) bond motifs is 4. The molecule has 2 heterocycles. The molecule has 0 atom stereocenters. The van der Waals surface area contributed by atoms with Gasteiger partial charge >= 0.3 is 0 Å². The minimum absolute atomic E-state index is 0.0469. The van der Waals surface area contributed by atoms with Gasteiger partial charge in [0.05, 0.1) is 5.56 Å². The Morgan fingerprint density at radius 2 is 1.26 bits per heavy atom. The summed E-state index contributed by atoms with van der Waals surface area (Å²) in [7, 11) is 0. The van der Waals surface area contributed by atoms with Gasteiger partial charge in [-0.05, 0) is 96.2 Å². The molecule has 4 aromatic carbocycles. The molecule has 4 fully saturated rings. The lowest BCUT2D eigenvalue weighted by molar-refractivity contribution is -0.00938. The van der Waals surface area contributed by atoms with Crippen molar-refractivity contribution in [2.75, 3.05) is 0 Å². The van der Waals surface area contributed by atoms with Crippen molar-refractivity contribution in [3.63, 3.8) is 0 Å². The number of hydrogen-bond donors (Lipinski definition) is 0. The van der Waals surface area contributed by atoms with Crippen LogP contribution in [0.3, 0.4) is 0 Å². The Morgan fingerprint density at radius 1 is 0.609 bits per heavy atom. The molecule has 0 aliphatic heterocycles. The number of benzene rings is 4. The largest absolute Gasteiger partial charge is 0.443 e. The van der Waals surface area contributed by atoms with Crippen LogP contribution in [0.25, 0.3) is 56.1 Å². The van der Waals surface area contributed by atoms with Crippen LogP contribution in [0.2, 0.25) is 0 Å². The lowest BCUT2D eigenvalue weighted by Crippen LogP contribution is -2.49. The quantitative estimate of drug-likeness (QED) is 0.202. The zero-order chi connectivity index (χ0) is 30.6. The summed E-state index contributed by atoms with van der Waals surface area (Å²) < 4.78 is 6.17. The van der Waals surface area contributed by atoms with Crippen LogP contribution in [-0.4, -0.2) is 19.9 Å². The first-order valence-electron chi connectivity index (χ1n) is 16.9. The minimum Gasteiger partial charge on any atom is -0.443 e. The van der Waals surface area contributed by atoms with Crippen LogP contribution in [0, 0.1) is 17.8 Å². The fourth-order valence-electron chi connectivity index (χ4n) is 10.1. The molecule has 0 unspecified atom stereocenters. The van der Waals surface area contributed by atoms with E-state index in [-0.39, 0.29) is 10.8 Å².